The van der Waals surface area contributed by atoms with Crippen LogP contribution in [0.15, 0.2) is 29.3 Å². The van der Waals surface area contributed by atoms with Gasteiger partial charge in [-0.25, -0.2) is 0 Å². The molecule has 8 heteroatoms. The van der Waals surface area contributed by atoms with Gasteiger partial charge in [0.2, 0.25) is 0 Å². The first kappa shape index (κ1) is 23.9. The van der Waals surface area contributed by atoms with E-state index >= 15 is 0 Å². The Morgan fingerprint density at radius 2 is 1.89 bits per heavy atom. The van der Waals surface area contributed by atoms with Crippen LogP contribution in [0.25, 0.3) is 0 Å². The maximum absolute atomic E-state index is 5.52. The summed E-state index contributed by atoms with van der Waals surface area (Å²) < 4.78 is 15.9. The average Bonchev–Trinajstić information content (AvgIpc) is 2.71. The number of ether oxygens (including phenoxy) is 3. The number of morpholine rings is 1. The molecule has 1 aliphatic heterocycles. The molecule has 7 nitrogen and oxygen atoms in total. The monoisotopic (exact) mass is 492 g/mol. The molecule has 1 aromatic rings. The van der Waals surface area contributed by atoms with Crippen LogP contribution in [-0.4, -0.2) is 78.1 Å². The molecule has 0 amide bonds. The van der Waals surface area contributed by atoms with Gasteiger partial charge in [0.25, 0.3) is 0 Å². The molecule has 27 heavy (non-hydrogen) atoms. The highest BCUT2D eigenvalue weighted by atomic mass is 127. The maximum Gasteiger partial charge on any atom is 0.191 e. The first-order valence-corrected chi connectivity index (χ1v) is 9.17. The Kier molecular flexibility index (Phi) is 12.4. The van der Waals surface area contributed by atoms with Crippen LogP contribution in [-0.2, 0) is 9.47 Å². The molecule has 1 unspecified atom stereocenters. The number of methoxy groups -OCH3 is 2. The van der Waals surface area contributed by atoms with Crippen molar-refractivity contribution in [3.05, 3.63) is 29.8 Å². The van der Waals surface area contributed by atoms with E-state index in [9.17, 15) is 0 Å². The molecule has 1 heterocycles. The molecule has 0 aliphatic carbocycles. The van der Waals surface area contributed by atoms with Crippen LogP contribution in [0.5, 0.6) is 5.75 Å². The molecule has 0 aromatic heterocycles. The third kappa shape index (κ3) is 8.20. The van der Waals surface area contributed by atoms with E-state index in [4.69, 9.17) is 14.2 Å². The number of hydrogen-bond acceptors (Lipinski definition) is 5. The van der Waals surface area contributed by atoms with Crippen LogP contribution in [0, 0.1) is 0 Å². The Labute approximate surface area is 179 Å². The number of aliphatic imine (C=N–C) groups is 1. The van der Waals surface area contributed by atoms with Crippen LogP contribution in [0.3, 0.4) is 0 Å². The summed E-state index contributed by atoms with van der Waals surface area (Å²) in [5.41, 5.74) is 1.26. The van der Waals surface area contributed by atoms with Crippen molar-refractivity contribution in [3.8, 4) is 5.75 Å². The number of nitrogens with one attached hydrogen (secondary N) is 2. The molecular formula is C19H33IN4O3. The Morgan fingerprint density at radius 1 is 1.19 bits per heavy atom. The molecule has 0 saturated carbocycles. The summed E-state index contributed by atoms with van der Waals surface area (Å²) in [7, 11) is 5.20. The molecule has 1 fully saturated rings. The summed E-state index contributed by atoms with van der Waals surface area (Å²) in [5, 5.41) is 6.78. The Hall–Kier alpha value is -1.10. The zero-order valence-corrected chi connectivity index (χ0v) is 18.9. The predicted octanol–water partition coefficient (Wildman–Crippen LogP) is 1.89. The van der Waals surface area contributed by atoms with E-state index in [-0.39, 0.29) is 30.0 Å². The molecule has 1 aliphatic rings. The Bertz CT molecular complexity index is 536. The summed E-state index contributed by atoms with van der Waals surface area (Å²) >= 11 is 0. The van der Waals surface area contributed by atoms with Crippen LogP contribution in [0.2, 0.25) is 0 Å². The molecule has 154 valence electrons. The number of halogens is 1. The van der Waals surface area contributed by atoms with Gasteiger partial charge < -0.3 is 24.8 Å². The summed E-state index contributed by atoms with van der Waals surface area (Å²) in [6.45, 7) is 5.75. The van der Waals surface area contributed by atoms with Crippen molar-refractivity contribution < 1.29 is 14.2 Å². The lowest BCUT2D eigenvalue weighted by Gasteiger charge is -2.35. The number of rotatable bonds is 9. The lowest BCUT2D eigenvalue weighted by molar-refractivity contribution is 0.0170. The predicted molar refractivity (Wildman–Crippen MR) is 119 cm³/mol. The van der Waals surface area contributed by atoms with Crippen molar-refractivity contribution >= 4 is 29.9 Å². The quantitative estimate of drug-likeness (QED) is 0.238. The van der Waals surface area contributed by atoms with Gasteiger partial charge in [-0.3, -0.25) is 9.89 Å². The summed E-state index contributed by atoms with van der Waals surface area (Å²) in [4.78, 5) is 6.77. The van der Waals surface area contributed by atoms with E-state index in [0.717, 1.165) is 64.1 Å². The normalized spacial score (nSPS) is 16.3. The fourth-order valence-corrected chi connectivity index (χ4v) is 3.01. The van der Waals surface area contributed by atoms with E-state index in [1.54, 1.807) is 21.3 Å². The molecule has 1 saturated heterocycles. The van der Waals surface area contributed by atoms with E-state index in [2.05, 4.69) is 32.7 Å². The number of hydrogen-bond donors (Lipinski definition) is 2. The summed E-state index contributed by atoms with van der Waals surface area (Å²) in [6.07, 6.45) is 0.947. The fraction of sp³-hybridized carbons (Fsp3) is 0.632. The molecule has 1 atom stereocenters. The minimum Gasteiger partial charge on any atom is -0.497 e. The van der Waals surface area contributed by atoms with Gasteiger partial charge in [0, 0.05) is 46.9 Å². The van der Waals surface area contributed by atoms with E-state index in [1.165, 1.54) is 5.56 Å². The smallest absolute Gasteiger partial charge is 0.191 e. The van der Waals surface area contributed by atoms with Crippen molar-refractivity contribution in [2.45, 2.75) is 12.5 Å². The zero-order valence-electron chi connectivity index (χ0n) is 16.6. The lowest BCUT2D eigenvalue weighted by atomic mass is 10.0. The topological polar surface area (TPSA) is 67.4 Å². The van der Waals surface area contributed by atoms with Gasteiger partial charge in [-0.1, -0.05) is 12.1 Å². The fourth-order valence-electron chi connectivity index (χ4n) is 3.01. The summed E-state index contributed by atoms with van der Waals surface area (Å²) in [6, 6.07) is 8.55. The van der Waals surface area contributed by atoms with Gasteiger partial charge in [0.1, 0.15) is 5.75 Å². The lowest BCUT2D eigenvalue weighted by Crippen LogP contribution is -2.46. The second-order valence-corrected chi connectivity index (χ2v) is 6.16. The van der Waals surface area contributed by atoms with Gasteiger partial charge in [-0.15, -0.1) is 24.0 Å². The van der Waals surface area contributed by atoms with E-state index in [0.29, 0.717) is 0 Å². The van der Waals surface area contributed by atoms with Crippen molar-refractivity contribution in [3.63, 3.8) is 0 Å². The molecular weight excluding hydrogens is 459 g/mol. The molecule has 2 rings (SSSR count). The first-order valence-electron chi connectivity index (χ1n) is 9.17. The number of nitrogens with zero attached hydrogens (tertiary/aromatic N) is 2. The second kappa shape index (κ2) is 14.0. The molecule has 0 bridgehead atoms. The largest absolute Gasteiger partial charge is 0.497 e. The molecule has 0 spiro atoms. The number of benzene rings is 1. The van der Waals surface area contributed by atoms with Crippen molar-refractivity contribution in [1.82, 2.24) is 15.5 Å². The third-order valence-electron chi connectivity index (χ3n) is 4.49. The molecule has 1 aromatic carbocycles. The SMILES string of the molecule is CN=C(NCCCOC)NCC(c1ccc(OC)cc1)N1CCOCC1.I. The van der Waals surface area contributed by atoms with Gasteiger partial charge in [0.05, 0.1) is 26.4 Å². The third-order valence-corrected chi connectivity index (χ3v) is 4.49. The Balaban J connectivity index is 0.00000364. The van der Waals surface area contributed by atoms with Gasteiger partial charge in [-0.2, -0.15) is 0 Å². The summed E-state index contributed by atoms with van der Waals surface area (Å²) in [5.74, 6) is 1.69. The standard InChI is InChI=1S/C19H32N4O3.HI/c1-20-19(21-9-4-12-24-2)22-15-18(23-10-13-26-14-11-23)16-5-7-17(25-3)8-6-16;/h5-8,18H,4,9-15H2,1-3H3,(H2,20,21,22);1H. The minimum absolute atomic E-state index is 0. The molecule has 2 N–H and O–H groups in total. The van der Waals surface area contributed by atoms with Crippen molar-refractivity contribution in [2.75, 3.05) is 67.3 Å². The van der Waals surface area contributed by atoms with E-state index < -0.39 is 0 Å². The highest BCUT2D eigenvalue weighted by Gasteiger charge is 2.23. The van der Waals surface area contributed by atoms with Gasteiger partial charge >= 0.3 is 0 Å². The molecule has 0 radical (unpaired) electrons. The maximum atomic E-state index is 5.52. The van der Waals surface area contributed by atoms with Crippen LogP contribution < -0.4 is 15.4 Å². The average molecular weight is 492 g/mol. The zero-order chi connectivity index (χ0) is 18.6. The van der Waals surface area contributed by atoms with Crippen molar-refractivity contribution in [2.24, 2.45) is 4.99 Å². The van der Waals surface area contributed by atoms with E-state index in [1.807, 2.05) is 12.1 Å². The van der Waals surface area contributed by atoms with Gasteiger partial charge in [-0.05, 0) is 24.1 Å². The van der Waals surface area contributed by atoms with Crippen molar-refractivity contribution in [1.29, 1.82) is 0 Å². The number of guanidine groups is 1. The highest BCUT2D eigenvalue weighted by Crippen LogP contribution is 2.23. The van der Waals surface area contributed by atoms with Crippen LogP contribution in [0.1, 0.15) is 18.0 Å². The highest BCUT2D eigenvalue weighted by molar-refractivity contribution is 14.0. The minimum atomic E-state index is 0. The first-order chi connectivity index (χ1) is 12.8. The Morgan fingerprint density at radius 3 is 2.48 bits per heavy atom. The van der Waals surface area contributed by atoms with Crippen LogP contribution >= 0.6 is 24.0 Å². The van der Waals surface area contributed by atoms with Gasteiger partial charge in [0.15, 0.2) is 5.96 Å². The van der Waals surface area contributed by atoms with Crippen LogP contribution in [0.4, 0.5) is 0 Å². The second-order valence-electron chi connectivity index (χ2n) is 6.16.